The Hall–Kier alpha value is -3.04. The van der Waals surface area contributed by atoms with Gasteiger partial charge in [0.15, 0.2) is 5.89 Å². The molecule has 2 aromatic heterocycles. The molecular weight excluding hydrogens is 316 g/mol. The third-order valence-corrected chi connectivity index (χ3v) is 3.17. The lowest BCUT2D eigenvalue weighted by atomic mass is 10.2. The van der Waals surface area contributed by atoms with E-state index in [0.29, 0.717) is 22.4 Å². The number of benzene rings is 1. The van der Waals surface area contributed by atoms with Crippen LogP contribution in [0.15, 0.2) is 50.3 Å². The predicted molar refractivity (Wildman–Crippen MR) is 86.3 cm³/mol. The maximum Gasteiger partial charge on any atom is 0.252 e. The van der Waals surface area contributed by atoms with E-state index in [1.807, 2.05) is 30.3 Å². The lowest BCUT2D eigenvalue weighted by molar-refractivity contribution is 0.533. The summed E-state index contributed by atoms with van der Waals surface area (Å²) in [4.78, 5) is 3.91. The van der Waals surface area contributed by atoms with Crippen LogP contribution in [-0.4, -0.2) is 11.2 Å². The molecular formula is C16H11ClN4O2. The first kappa shape index (κ1) is 14.9. The number of halogens is 1. The Balaban J connectivity index is 1.73. The number of oxazole rings is 1. The quantitative estimate of drug-likeness (QED) is 0.573. The highest BCUT2D eigenvalue weighted by Crippen LogP contribution is 2.24. The molecule has 114 valence electrons. The number of aromatic nitrogens is 1. The van der Waals surface area contributed by atoms with Gasteiger partial charge in [0, 0.05) is 17.5 Å². The van der Waals surface area contributed by atoms with Crippen LogP contribution in [0.3, 0.4) is 0 Å². The van der Waals surface area contributed by atoms with Crippen molar-refractivity contribution in [2.75, 3.05) is 5.43 Å². The summed E-state index contributed by atoms with van der Waals surface area (Å²) in [6.07, 6.45) is 1.48. The van der Waals surface area contributed by atoms with E-state index >= 15 is 0 Å². The third-order valence-electron chi connectivity index (χ3n) is 2.93. The van der Waals surface area contributed by atoms with Crippen molar-refractivity contribution in [1.82, 2.24) is 4.98 Å². The average molecular weight is 327 g/mol. The van der Waals surface area contributed by atoms with Crippen LogP contribution in [0.2, 0.25) is 5.02 Å². The molecule has 0 aliphatic rings. The summed E-state index contributed by atoms with van der Waals surface area (Å²) in [6.45, 7) is 1.65. The van der Waals surface area contributed by atoms with Crippen molar-refractivity contribution in [3.05, 3.63) is 58.8 Å². The maximum absolute atomic E-state index is 8.91. The summed E-state index contributed by atoms with van der Waals surface area (Å²) in [5.41, 5.74) is 3.66. The predicted octanol–water partition coefficient (Wildman–Crippen LogP) is 4.21. The molecule has 1 N–H and O–H groups in total. The monoisotopic (exact) mass is 326 g/mol. The van der Waals surface area contributed by atoms with Crippen molar-refractivity contribution in [3.8, 4) is 17.4 Å². The Morgan fingerprint density at radius 2 is 2.17 bits per heavy atom. The maximum atomic E-state index is 8.91. The molecule has 0 saturated carbocycles. The highest BCUT2D eigenvalue weighted by molar-refractivity contribution is 6.30. The summed E-state index contributed by atoms with van der Waals surface area (Å²) in [5.74, 6) is 1.81. The minimum absolute atomic E-state index is 0.152. The van der Waals surface area contributed by atoms with E-state index in [-0.39, 0.29) is 11.6 Å². The normalized spacial score (nSPS) is 10.8. The van der Waals surface area contributed by atoms with Gasteiger partial charge in [-0.1, -0.05) is 23.7 Å². The van der Waals surface area contributed by atoms with Crippen LogP contribution in [0, 0.1) is 18.3 Å². The van der Waals surface area contributed by atoms with Gasteiger partial charge in [0.2, 0.25) is 5.69 Å². The molecule has 23 heavy (non-hydrogen) atoms. The molecule has 0 unspecified atom stereocenters. The number of anilines is 1. The van der Waals surface area contributed by atoms with E-state index in [1.165, 1.54) is 6.21 Å². The third kappa shape index (κ3) is 3.42. The summed E-state index contributed by atoms with van der Waals surface area (Å²) >= 11 is 5.96. The van der Waals surface area contributed by atoms with Crippen molar-refractivity contribution in [1.29, 1.82) is 5.26 Å². The van der Waals surface area contributed by atoms with Crippen molar-refractivity contribution < 1.29 is 8.83 Å². The second-order valence-corrected chi connectivity index (χ2v) is 5.04. The molecule has 0 bridgehead atoms. The number of furan rings is 1. The highest BCUT2D eigenvalue weighted by Gasteiger charge is 2.09. The summed E-state index contributed by atoms with van der Waals surface area (Å²) in [5, 5.41) is 13.5. The standard InChI is InChI=1S/C16H11ClN4O2/c1-10-20-14(8-18)16(22-10)21-19-9-13-5-6-15(23-13)11-3-2-4-12(17)7-11/h2-7,9,21H,1H3. The van der Waals surface area contributed by atoms with E-state index in [2.05, 4.69) is 15.5 Å². The first-order chi connectivity index (χ1) is 11.2. The Labute approximate surface area is 137 Å². The van der Waals surface area contributed by atoms with Gasteiger partial charge in [0.05, 0.1) is 6.21 Å². The molecule has 1 aromatic carbocycles. The molecule has 0 radical (unpaired) electrons. The number of rotatable bonds is 4. The number of aryl methyl sites for hydroxylation is 1. The lowest BCUT2D eigenvalue weighted by Gasteiger charge is -1.97. The average Bonchev–Trinajstić information content (AvgIpc) is 3.14. The largest absolute Gasteiger partial charge is 0.455 e. The number of hydrazone groups is 1. The molecule has 6 nitrogen and oxygen atoms in total. The molecule has 7 heteroatoms. The minimum Gasteiger partial charge on any atom is -0.455 e. The molecule has 0 aliphatic heterocycles. The van der Waals surface area contributed by atoms with E-state index in [1.54, 1.807) is 19.1 Å². The number of nitrogens with zero attached hydrogens (tertiary/aromatic N) is 3. The van der Waals surface area contributed by atoms with Gasteiger partial charge in [-0.25, -0.2) is 10.4 Å². The fourth-order valence-corrected chi connectivity index (χ4v) is 2.14. The van der Waals surface area contributed by atoms with Crippen molar-refractivity contribution in [2.24, 2.45) is 5.10 Å². The van der Waals surface area contributed by atoms with Gasteiger partial charge in [0.1, 0.15) is 17.6 Å². The van der Waals surface area contributed by atoms with E-state index in [0.717, 1.165) is 5.56 Å². The lowest BCUT2D eigenvalue weighted by Crippen LogP contribution is -1.90. The van der Waals surface area contributed by atoms with E-state index < -0.39 is 0 Å². The molecule has 0 fully saturated rings. The Morgan fingerprint density at radius 1 is 1.30 bits per heavy atom. The van der Waals surface area contributed by atoms with Crippen LogP contribution in [0.4, 0.5) is 5.88 Å². The zero-order chi connectivity index (χ0) is 16.2. The zero-order valence-corrected chi connectivity index (χ0v) is 12.8. The molecule has 3 aromatic rings. The van der Waals surface area contributed by atoms with Gasteiger partial charge in [-0.05, 0) is 24.3 Å². The van der Waals surface area contributed by atoms with Crippen molar-refractivity contribution in [2.45, 2.75) is 6.92 Å². The molecule has 0 spiro atoms. The molecule has 0 atom stereocenters. The fourth-order valence-electron chi connectivity index (χ4n) is 1.95. The van der Waals surface area contributed by atoms with Crippen LogP contribution < -0.4 is 5.43 Å². The second-order valence-electron chi connectivity index (χ2n) is 4.60. The van der Waals surface area contributed by atoms with Crippen LogP contribution in [0.1, 0.15) is 17.3 Å². The number of nitriles is 1. The molecule has 3 rings (SSSR count). The Morgan fingerprint density at radius 3 is 2.96 bits per heavy atom. The number of hydrogen-bond acceptors (Lipinski definition) is 6. The van der Waals surface area contributed by atoms with Gasteiger partial charge in [-0.3, -0.25) is 0 Å². The van der Waals surface area contributed by atoms with Crippen LogP contribution in [0.5, 0.6) is 0 Å². The molecule has 0 amide bonds. The van der Waals surface area contributed by atoms with Crippen LogP contribution in [0.25, 0.3) is 11.3 Å². The van der Waals surface area contributed by atoms with E-state index in [4.69, 9.17) is 25.7 Å². The second kappa shape index (κ2) is 6.38. The topological polar surface area (TPSA) is 87.4 Å². The van der Waals surface area contributed by atoms with Gasteiger partial charge < -0.3 is 8.83 Å². The first-order valence-electron chi connectivity index (χ1n) is 6.68. The van der Waals surface area contributed by atoms with Crippen LogP contribution in [-0.2, 0) is 0 Å². The Kier molecular flexibility index (Phi) is 4.13. The summed E-state index contributed by atoms with van der Waals surface area (Å²) < 4.78 is 10.9. The SMILES string of the molecule is Cc1nc(C#N)c(NN=Cc2ccc(-c3cccc(Cl)c3)o2)o1. The molecule has 0 saturated heterocycles. The van der Waals surface area contributed by atoms with Crippen LogP contribution >= 0.6 is 11.6 Å². The fraction of sp³-hybridized carbons (Fsp3) is 0.0625. The first-order valence-corrected chi connectivity index (χ1v) is 7.06. The summed E-state index contributed by atoms with van der Waals surface area (Å²) in [6, 6.07) is 12.9. The Bertz CT molecular complexity index is 905. The number of hydrogen-bond donors (Lipinski definition) is 1. The van der Waals surface area contributed by atoms with Gasteiger partial charge in [-0.2, -0.15) is 10.4 Å². The highest BCUT2D eigenvalue weighted by atomic mass is 35.5. The van der Waals surface area contributed by atoms with Crippen molar-refractivity contribution >= 4 is 23.7 Å². The zero-order valence-electron chi connectivity index (χ0n) is 12.1. The molecule has 0 aliphatic carbocycles. The molecule has 2 heterocycles. The van der Waals surface area contributed by atoms with Gasteiger partial charge >= 0.3 is 0 Å². The minimum atomic E-state index is 0.152. The van der Waals surface area contributed by atoms with Gasteiger partial charge in [0.25, 0.3) is 5.88 Å². The summed E-state index contributed by atoms with van der Waals surface area (Å²) in [7, 11) is 0. The number of nitrogens with one attached hydrogen (secondary N) is 1. The van der Waals surface area contributed by atoms with Gasteiger partial charge in [-0.15, -0.1) is 0 Å². The van der Waals surface area contributed by atoms with Crippen molar-refractivity contribution in [3.63, 3.8) is 0 Å². The van der Waals surface area contributed by atoms with E-state index in [9.17, 15) is 0 Å². The smallest absolute Gasteiger partial charge is 0.252 e.